The molecule has 1 aromatic carbocycles. The number of halogens is 1. The minimum atomic E-state index is 0. The molecule has 0 aliphatic heterocycles. The standard InChI is InChI=1S/C6H16PSi.C5H5.4CH3.ClH.Cr/c1-5-7(6-2)8(3)4;1-2-4-5-3-1;;;;;;/h5-6H2,1-4H3;1-5H;4*1H3;1H;/q;5*-1;;+5. The summed E-state index contributed by atoms with van der Waals surface area (Å²) >= 11 is 0. The molecule has 0 nitrogen and oxygen atoms in total. The quantitative estimate of drug-likeness (QED) is 0.333. The maximum atomic E-state index is 2.43. The molecule has 0 fully saturated rings. The molecule has 1 aromatic rings. The Morgan fingerprint density at radius 3 is 1.26 bits per heavy atom. The molecule has 19 heavy (non-hydrogen) atoms. The molecule has 0 amide bonds. The van der Waals surface area contributed by atoms with E-state index in [-0.39, 0.29) is 67.9 Å². The average Bonchev–Trinajstić information content (AvgIpc) is 2.62. The van der Waals surface area contributed by atoms with Crippen LogP contribution in [0.2, 0.25) is 13.1 Å². The van der Waals surface area contributed by atoms with Crippen molar-refractivity contribution in [3.63, 3.8) is 0 Å². The second-order valence-corrected chi connectivity index (χ2v) is 11.9. The molecule has 0 heterocycles. The Kier molecular flexibility index (Phi) is 70.3. The normalized spacial score (nSPS) is 6.84. The van der Waals surface area contributed by atoms with E-state index in [1.54, 1.807) is 0 Å². The van der Waals surface area contributed by atoms with Crippen LogP contribution in [-0.2, 0) is 17.4 Å². The van der Waals surface area contributed by atoms with Crippen molar-refractivity contribution in [2.75, 3.05) is 12.3 Å². The molecule has 0 N–H and O–H groups in total. The summed E-state index contributed by atoms with van der Waals surface area (Å²) in [6, 6.07) is 10.0. The first kappa shape index (κ1) is 42.7. The SMILES string of the molecule is CCP(CC)[Si](C)C.Cl.[CH3-].[CH3-].[CH3-].[CH3-].[Cr+5].c1cc[cH-]c1. The Morgan fingerprint density at radius 2 is 1.21 bits per heavy atom. The maximum absolute atomic E-state index is 2.43. The van der Waals surface area contributed by atoms with Crippen molar-refractivity contribution in [3.05, 3.63) is 60.0 Å². The third-order valence-electron chi connectivity index (χ3n) is 1.95. The fraction of sp³-hybridized carbons (Fsp3) is 0.400. The molecule has 2 radical (unpaired) electrons. The molecular weight excluding hydrogens is 327 g/mol. The predicted molar refractivity (Wildman–Crippen MR) is 100 cm³/mol. The molecular formula is C15H34ClCrPSi. The first-order chi connectivity index (χ1) is 6.22. The zero-order chi connectivity index (χ0) is 10.1. The van der Waals surface area contributed by atoms with E-state index in [1.165, 1.54) is 12.3 Å². The van der Waals surface area contributed by atoms with E-state index in [0.717, 1.165) is 0 Å². The van der Waals surface area contributed by atoms with Crippen LogP contribution in [0.5, 0.6) is 0 Å². The molecule has 0 unspecified atom stereocenters. The van der Waals surface area contributed by atoms with Crippen LogP contribution in [0.4, 0.5) is 0 Å². The first-order valence-electron chi connectivity index (χ1n) is 4.94. The summed E-state index contributed by atoms with van der Waals surface area (Å²) in [5, 5.41) is 0. The van der Waals surface area contributed by atoms with Crippen molar-refractivity contribution in [3.8, 4) is 0 Å². The van der Waals surface area contributed by atoms with Crippen molar-refractivity contribution < 1.29 is 17.4 Å². The second kappa shape index (κ2) is 31.3. The maximum Gasteiger partial charge on any atom is 5.00 e. The van der Waals surface area contributed by atoms with Gasteiger partial charge in [-0.1, -0.05) is 26.9 Å². The molecule has 0 aromatic heterocycles. The van der Waals surface area contributed by atoms with Crippen LogP contribution in [0, 0.1) is 29.7 Å². The summed E-state index contributed by atoms with van der Waals surface area (Å²) < 4.78 is 0. The van der Waals surface area contributed by atoms with E-state index < -0.39 is 0 Å². The van der Waals surface area contributed by atoms with Gasteiger partial charge in [-0.25, -0.2) is 12.1 Å². The number of rotatable bonds is 3. The Labute approximate surface area is 144 Å². The molecule has 0 bridgehead atoms. The Bertz CT molecular complexity index is 161. The van der Waals surface area contributed by atoms with Gasteiger partial charge in [-0.15, -0.1) is 19.9 Å². The fourth-order valence-corrected chi connectivity index (χ4v) is 6.68. The van der Waals surface area contributed by atoms with Crippen molar-refractivity contribution in [1.82, 2.24) is 0 Å². The third-order valence-corrected chi connectivity index (χ3v) is 10.4. The number of hydrogen-bond acceptors (Lipinski definition) is 0. The van der Waals surface area contributed by atoms with Crippen LogP contribution in [0.1, 0.15) is 13.8 Å². The van der Waals surface area contributed by atoms with E-state index in [4.69, 9.17) is 0 Å². The van der Waals surface area contributed by atoms with E-state index >= 15 is 0 Å². The molecule has 0 saturated carbocycles. The Balaban J connectivity index is -0.0000000238. The van der Waals surface area contributed by atoms with Crippen LogP contribution < -0.4 is 0 Å². The van der Waals surface area contributed by atoms with E-state index in [1.807, 2.05) is 30.3 Å². The van der Waals surface area contributed by atoms with Gasteiger partial charge in [0.15, 0.2) is 0 Å². The van der Waals surface area contributed by atoms with Gasteiger partial charge in [0.2, 0.25) is 0 Å². The monoisotopic (exact) mass is 360 g/mol. The van der Waals surface area contributed by atoms with E-state index in [9.17, 15) is 0 Å². The van der Waals surface area contributed by atoms with E-state index in [2.05, 4.69) is 26.9 Å². The number of hydrogen-bond donors (Lipinski definition) is 0. The largest absolute Gasteiger partial charge is 5.00 e. The van der Waals surface area contributed by atoms with Crippen molar-refractivity contribution in [1.29, 1.82) is 0 Å². The Hall–Kier alpha value is 0.819. The molecule has 0 atom stereocenters. The molecule has 0 aliphatic carbocycles. The van der Waals surface area contributed by atoms with Crippen molar-refractivity contribution >= 4 is 28.3 Å². The molecule has 0 spiro atoms. The summed E-state index contributed by atoms with van der Waals surface area (Å²) in [6.07, 6.45) is 2.90. The van der Waals surface area contributed by atoms with Crippen LogP contribution in [0.25, 0.3) is 0 Å². The summed E-state index contributed by atoms with van der Waals surface area (Å²) in [5.74, 6) is 0. The van der Waals surface area contributed by atoms with Gasteiger partial charge in [0, 0.05) is 0 Å². The summed E-state index contributed by atoms with van der Waals surface area (Å²) in [4.78, 5) is 0. The average molecular weight is 361 g/mol. The van der Waals surface area contributed by atoms with Crippen LogP contribution >= 0.6 is 19.9 Å². The first-order valence-corrected chi connectivity index (χ1v) is 9.99. The van der Waals surface area contributed by atoms with Crippen molar-refractivity contribution in [2.45, 2.75) is 26.9 Å². The van der Waals surface area contributed by atoms with Gasteiger partial charge in [-0.2, -0.15) is 18.2 Å². The molecule has 1 rings (SSSR count). The van der Waals surface area contributed by atoms with Crippen LogP contribution in [0.15, 0.2) is 30.3 Å². The van der Waals surface area contributed by atoms with Gasteiger partial charge in [0.25, 0.3) is 0 Å². The zero-order valence-electron chi connectivity index (χ0n) is 14.1. The fourth-order valence-electron chi connectivity index (χ4n) is 1.18. The third kappa shape index (κ3) is 27.9. The smallest absolute Gasteiger partial charge is 0.358 e. The van der Waals surface area contributed by atoms with Gasteiger partial charge >= 0.3 is 17.4 Å². The zero-order valence-corrected chi connectivity index (χ0v) is 18.1. The molecule has 0 aliphatic rings. The van der Waals surface area contributed by atoms with Crippen LogP contribution in [0.3, 0.4) is 0 Å². The topological polar surface area (TPSA) is 0 Å². The molecule has 4 heteroatoms. The van der Waals surface area contributed by atoms with Gasteiger partial charge in [-0.05, 0) is 12.3 Å². The van der Waals surface area contributed by atoms with Gasteiger partial charge in [0.1, 0.15) is 0 Å². The summed E-state index contributed by atoms with van der Waals surface area (Å²) in [6.45, 7) is 9.52. The van der Waals surface area contributed by atoms with Crippen molar-refractivity contribution in [2.24, 2.45) is 0 Å². The second-order valence-electron chi connectivity index (χ2n) is 3.08. The summed E-state index contributed by atoms with van der Waals surface area (Å²) in [5.41, 5.74) is 0. The predicted octanol–water partition coefficient (Wildman–Crippen LogP) is 6.39. The molecule has 0 saturated heterocycles. The minimum absolute atomic E-state index is 0. The summed E-state index contributed by atoms with van der Waals surface area (Å²) in [7, 11) is 0.577. The Morgan fingerprint density at radius 1 is 0.895 bits per heavy atom. The molecule has 116 valence electrons. The van der Waals surface area contributed by atoms with E-state index in [0.29, 0.717) is 7.47 Å². The minimum Gasteiger partial charge on any atom is -0.358 e. The van der Waals surface area contributed by atoms with Gasteiger partial charge < -0.3 is 29.7 Å². The van der Waals surface area contributed by atoms with Gasteiger partial charge in [-0.3, -0.25) is 0 Å². The van der Waals surface area contributed by atoms with Crippen LogP contribution in [-0.4, -0.2) is 20.8 Å². The van der Waals surface area contributed by atoms with Gasteiger partial charge in [0.05, 0.1) is 8.46 Å².